The summed E-state index contributed by atoms with van der Waals surface area (Å²) >= 11 is 17.4. The average Bonchev–Trinajstić information content (AvgIpc) is 2.53. The summed E-state index contributed by atoms with van der Waals surface area (Å²) in [5.74, 6) is -1.46. The molecule has 2 rings (SSSR count). The molecule has 0 spiro atoms. The van der Waals surface area contributed by atoms with Gasteiger partial charge in [-0.1, -0.05) is 53.0 Å². The highest BCUT2D eigenvalue weighted by atomic mass is 35.5. The fourth-order valence-electron chi connectivity index (χ4n) is 1.79. The SMILES string of the molecule is O=C(O)c1nc(Cl)c(Cl)c(N/N=C\c2ccccc2C(F)(F)F)c1Cl. The fourth-order valence-corrected chi connectivity index (χ4v) is 2.45. The first-order valence-corrected chi connectivity index (χ1v) is 7.49. The maximum atomic E-state index is 12.9. The number of hydrogen-bond acceptors (Lipinski definition) is 4. The van der Waals surface area contributed by atoms with Crippen molar-refractivity contribution in [2.75, 3.05) is 5.43 Å². The number of benzene rings is 1. The molecule has 0 aliphatic rings. The van der Waals surface area contributed by atoms with Gasteiger partial charge in [-0.05, 0) is 6.07 Å². The molecular weight excluding hydrogens is 406 g/mol. The van der Waals surface area contributed by atoms with Gasteiger partial charge in [0.05, 0.1) is 17.5 Å². The number of hydrazone groups is 1. The van der Waals surface area contributed by atoms with E-state index in [0.717, 1.165) is 12.3 Å². The summed E-state index contributed by atoms with van der Waals surface area (Å²) in [7, 11) is 0. The van der Waals surface area contributed by atoms with E-state index in [1.165, 1.54) is 18.2 Å². The van der Waals surface area contributed by atoms with E-state index in [-0.39, 0.29) is 26.4 Å². The maximum absolute atomic E-state index is 12.9. The fraction of sp³-hybridized carbons (Fsp3) is 0.0714. The molecule has 2 aromatic rings. The molecule has 0 unspecified atom stereocenters. The van der Waals surface area contributed by atoms with Gasteiger partial charge in [0.25, 0.3) is 0 Å². The predicted molar refractivity (Wildman–Crippen MR) is 88.9 cm³/mol. The van der Waals surface area contributed by atoms with Crippen LogP contribution < -0.4 is 5.43 Å². The molecule has 0 bridgehead atoms. The summed E-state index contributed by atoms with van der Waals surface area (Å²) in [6.07, 6.45) is -3.67. The molecule has 0 saturated carbocycles. The van der Waals surface area contributed by atoms with E-state index in [1.54, 1.807) is 0 Å². The molecule has 1 aromatic heterocycles. The van der Waals surface area contributed by atoms with Crippen LogP contribution in [-0.4, -0.2) is 22.3 Å². The van der Waals surface area contributed by atoms with Gasteiger partial charge in [-0.25, -0.2) is 9.78 Å². The van der Waals surface area contributed by atoms with Gasteiger partial charge in [-0.3, -0.25) is 5.43 Å². The van der Waals surface area contributed by atoms with Crippen molar-refractivity contribution in [3.05, 3.63) is 56.3 Å². The van der Waals surface area contributed by atoms with Gasteiger partial charge >= 0.3 is 12.1 Å². The molecule has 0 radical (unpaired) electrons. The summed E-state index contributed by atoms with van der Waals surface area (Å²) in [6.45, 7) is 0. The van der Waals surface area contributed by atoms with Gasteiger partial charge in [0, 0.05) is 5.56 Å². The zero-order valence-corrected chi connectivity index (χ0v) is 14.2. The smallest absolute Gasteiger partial charge is 0.417 e. The van der Waals surface area contributed by atoms with E-state index in [4.69, 9.17) is 39.9 Å². The van der Waals surface area contributed by atoms with Crippen LogP contribution in [-0.2, 0) is 6.18 Å². The Bertz CT molecular complexity index is 857. The third-order valence-corrected chi connectivity index (χ3v) is 3.99. The second kappa shape index (κ2) is 7.47. The first-order chi connectivity index (χ1) is 11.6. The number of alkyl halides is 3. The van der Waals surface area contributed by atoms with Crippen LogP contribution in [0.15, 0.2) is 29.4 Å². The molecule has 11 heteroatoms. The van der Waals surface area contributed by atoms with Crippen LogP contribution in [0.4, 0.5) is 18.9 Å². The standard InChI is InChI=1S/C14H7Cl3F3N3O2/c15-8-10(9(16)12(17)22-11(8)13(24)25)23-21-5-6-3-1-2-4-7(6)14(18,19)20/h1-5H,(H,22,23)(H,24,25)/b21-5-. The normalized spacial score (nSPS) is 11.8. The molecule has 2 N–H and O–H groups in total. The molecule has 0 fully saturated rings. The van der Waals surface area contributed by atoms with Crippen LogP contribution in [0.3, 0.4) is 0 Å². The highest BCUT2D eigenvalue weighted by Gasteiger charge is 2.32. The summed E-state index contributed by atoms with van der Waals surface area (Å²) in [5, 5.41) is 11.7. The number of halogens is 6. The third kappa shape index (κ3) is 4.33. The molecule has 0 atom stereocenters. The Kier molecular flexibility index (Phi) is 5.76. The summed E-state index contributed by atoms with van der Waals surface area (Å²) in [4.78, 5) is 14.6. The van der Waals surface area contributed by atoms with Crippen molar-refractivity contribution in [2.24, 2.45) is 5.10 Å². The predicted octanol–water partition coefficient (Wildman–Crippen LogP) is 5.20. The monoisotopic (exact) mass is 411 g/mol. The largest absolute Gasteiger partial charge is 0.476 e. The summed E-state index contributed by atoms with van der Waals surface area (Å²) in [6, 6.07) is 4.75. The third-order valence-electron chi connectivity index (χ3n) is 2.89. The van der Waals surface area contributed by atoms with Gasteiger partial charge < -0.3 is 5.11 Å². The average molecular weight is 413 g/mol. The number of carboxylic acid groups (broad SMARTS) is 1. The second-order valence-corrected chi connectivity index (χ2v) is 5.63. The first kappa shape index (κ1) is 19.3. The number of carbonyl (C=O) groups is 1. The molecule has 1 aromatic carbocycles. The van der Waals surface area contributed by atoms with Crippen molar-refractivity contribution < 1.29 is 23.1 Å². The highest BCUT2D eigenvalue weighted by Crippen LogP contribution is 2.37. The van der Waals surface area contributed by atoms with Crippen LogP contribution in [0.5, 0.6) is 0 Å². The second-order valence-electron chi connectivity index (χ2n) is 4.51. The minimum atomic E-state index is -4.56. The van der Waals surface area contributed by atoms with Crippen molar-refractivity contribution in [2.45, 2.75) is 6.18 Å². The maximum Gasteiger partial charge on any atom is 0.417 e. The summed E-state index contributed by atoms with van der Waals surface area (Å²) < 4.78 is 38.7. The number of anilines is 1. The Morgan fingerprint density at radius 3 is 2.44 bits per heavy atom. The lowest BCUT2D eigenvalue weighted by atomic mass is 10.1. The number of aromatic nitrogens is 1. The minimum Gasteiger partial charge on any atom is -0.476 e. The highest BCUT2D eigenvalue weighted by molar-refractivity contribution is 6.46. The molecule has 1 heterocycles. The van der Waals surface area contributed by atoms with E-state index < -0.39 is 23.4 Å². The first-order valence-electron chi connectivity index (χ1n) is 6.36. The lowest BCUT2D eigenvalue weighted by Gasteiger charge is -2.11. The molecular formula is C14H7Cl3F3N3O2. The van der Waals surface area contributed by atoms with Crippen LogP contribution >= 0.6 is 34.8 Å². The van der Waals surface area contributed by atoms with E-state index in [1.807, 2.05) is 0 Å². The molecule has 0 saturated heterocycles. The topological polar surface area (TPSA) is 74.6 Å². The number of nitrogens with one attached hydrogen (secondary N) is 1. The van der Waals surface area contributed by atoms with E-state index in [9.17, 15) is 18.0 Å². The number of hydrogen-bond donors (Lipinski definition) is 2. The van der Waals surface area contributed by atoms with Crippen LogP contribution in [0.2, 0.25) is 15.2 Å². The molecule has 25 heavy (non-hydrogen) atoms. The van der Waals surface area contributed by atoms with Gasteiger partial charge in [0.1, 0.15) is 10.0 Å². The zero-order valence-electron chi connectivity index (χ0n) is 11.9. The lowest BCUT2D eigenvalue weighted by molar-refractivity contribution is -0.137. The van der Waals surface area contributed by atoms with Gasteiger partial charge in [0.15, 0.2) is 10.8 Å². The van der Waals surface area contributed by atoms with Crippen molar-refractivity contribution in [1.82, 2.24) is 4.98 Å². The van der Waals surface area contributed by atoms with E-state index in [2.05, 4.69) is 15.5 Å². The molecule has 132 valence electrons. The number of nitrogens with zero attached hydrogens (tertiary/aromatic N) is 2. The Labute approximate surface area is 154 Å². The van der Waals surface area contributed by atoms with Gasteiger partial charge in [-0.2, -0.15) is 18.3 Å². The Balaban J connectivity index is 2.37. The molecule has 5 nitrogen and oxygen atoms in total. The Morgan fingerprint density at radius 2 is 1.84 bits per heavy atom. The van der Waals surface area contributed by atoms with E-state index >= 15 is 0 Å². The zero-order chi connectivity index (χ0) is 18.8. The van der Waals surface area contributed by atoms with Gasteiger partial charge in [-0.15, -0.1) is 0 Å². The quantitative estimate of drug-likeness (QED) is 0.411. The van der Waals surface area contributed by atoms with Gasteiger partial charge in [0.2, 0.25) is 0 Å². The summed E-state index contributed by atoms with van der Waals surface area (Å²) in [5.41, 5.74) is 0.416. The Hall–Kier alpha value is -2.03. The van der Waals surface area contributed by atoms with Crippen LogP contribution in [0.1, 0.15) is 21.6 Å². The Morgan fingerprint density at radius 1 is 1.20 bits per heavy atom. The molecule has 0 amide bonds. The number of aromatic carboxylic acids is 1. The lowest BCUT2D eigenvalue weighted by Crippen LogP contribution is -2.09. The molecule has 0 aliphatic heterocycles. The van der Waals surface area contributed by atoms with Crippen molar-refractivity contribution in [3.8, 4) is 0 Å². The van der Waals surface area contributed by atoms with Crippen molar-refractivity contribution in [1.29, 1.82) is 0 Å². The van der Waals surface area contributed by atoms with Crippen LogP contribution in [0.25, 0.3) is 0 Å². The van der Waals surface area contributed by atoms with Crippen molar-refractivity contribution in [3.63, 3.8) is 0 Å². The number of pyridine rings is 1. The number of carboxylic acids is 1. The van der Waals surface area contributed by atoms with Crippen molar-refractivity contribution >= 4 is 52.7 Å². The van der Waals surface area contributed by atoms with Crippen LogP contribution in [0, 0.1) is 0 Å². The minimum absolute atomic E-state index is 0.193. The van der Waals surface area contributed by atoms with E-state index in [0.29, 0.717) is 0 Å². The number of rotatable bonds is 4. The molecule has 0 aliphatic carbocycles.